The molecule has 2 aromatic heterocycles. The second-order valence-corrected chi connectivity index (χ2v) is 3.55. The average molecular weight is 179 g/mol. The van der Waals surface area contributed by atoms with Crippen molar-refractivity contribution in [2.24, 2.45) is 0 Å². The van der Waals surface area contributed by atoms with E-state index in [1.807, 2.05) is 6.07 Å². The van der Waals surface area contributed by atoms with Crippen molar-refractivity contribution in [3.05, 3.63) is 18.0 Å². The lowest BCUT2D eigenvalue weighted by Crippen LogP contribution is -1.91. The summed E-state index contributed by atoms with van der Waals surface area (Å²) in [6, 6.07) is 2.00. The van der Waals surface area contributed by atoms with E-state index >= 15 is 0 Å². The van der Waals surface area contributed by atoms with Gasteiger partial charge in [0.2, 0.25) is 0 Å². The second kappa shape index (κ2) is 2.79. The van der Waals surface area contributed by atoms with Gasteiger partial charge in [0, 0.05) is 5.69 Å². The molecule has 2 heterocycles. The molecule has 0 unspecified atom stereocenters. The van der Waals surface area contributed by atoms with Gasteiger partial charge in [0.25, 0.3) is 0 Å². The van der Waals surface area contributed by atoms with E-state index in [2.05, 4.69) is 27.6 Å². The molecule has 0 saturated heterocycles. The van der Waals surface area contributed by atoms with Gasteiger partial charge in [-0.25, -0.2) is 0 Å². The Morgan fingerprint density at radius 1 is 1.25 bits per heavy atom. The normalized spacial score (nSPS) is 11.2. The Bertz CT molecular complexity index is 394. The van der Waals surface area contributed by atoms with Gasteiger partial charge in [0.15, 0.2) is 0 Å². The van der Waals surface area contributed by atoms with E-state index in [-0.39, 0.29) is 0 Å². The van der Waals surface area contributed by atoms with Crippen LogP contribution in [-0.4, -0.2) is 13.7 Å². The molecule has 0 saturated carbocycles. The second-order valence-electron chi connectivity index (χ2n) is 3.02. The summed E-state index contributed by atoms with van der Waals surface area (Å²) >= 11 is 1.23. The maximum absolute atomic E-state index is 4.28. The highest BCUT2D eigenvalue weighted by Crippen LogP contribution is 2.16. The average Bonchev–Trinajstić information content (AvgIpc) is 2.49. The molecular weight excluding hydrogens is 170 g/mol. The quantitative estimate of drug-likeness (QED) is 0.673. The van der Waals surface area contributed by atoms with Crippen LogP contribution < -0.4 is 0 Å². The minimum absolute atomic E-state index is 0.455. The Balaban J connectivity index is 2.60. The van der Waals surface area contributed by atoms with Gasteiger partial charge in [-0.2, -0.15) is 8.75 Å². The van der Waals surface area contributed by atoms with Gasteiger partial charge in [-0.1, -0.05) is 13.8 Å². The molecule has 0 bridgehead atoms. The number of rotatable bonds is 1. The van der Waals surface area contributed by atoms with Crippen LogP contribution in [0.15, 0.2) is 12.3 Å². The molecule has 0 spiro atoms. The zero-order chi connectivity index (χ0) is 8.55. The number of nitrogens with zero attached hydrogens (tertiary/aromatic N) is 3. The molecule has 3 nitrogen and oxygen atoms in total. The maximum Gasteiger partial charge on any atom is 0.123 e. The SMILES string of the molecule is CC(C)c1cc2nsnc2cn1. The van der Waals surface area contributed by atoms with Gasteiger partial charge in [-0.15, -0.1) is 0 Å². The van der Waals surface area contributed by atoms with E-state index in [0.717, 1.165) is 16.7 Å². The molecule has 0 N–H and O–H groups in total. The Morgan fingerprint density at radius 2 is 2.00 bits per heavy atom. The molecule has 4 heteroatoms. The molecule has 0 radical (unpaired) electrons. The summed E-state index contributed by atoms with van der Waals surface area (Å²) in [4.78, 5) is 4.28. The molecule has 0 aliphatic carbocycles. The predicted molar refractivity (Wildman–Crippen MR) is 49.3 cm³/mol. The highest BCUT2D eigenvalue weighted by atomic mass is 32.1. The first-order valence-electron chi connectivity index (χ1n) is 3.85. The summed E-state index contributed by atoms with van der Waals surface area (Å²) < 4.78 is 8.24. The first-order chi connectivity index (χ1) is 5.77. The highest BCUT2D eigenvalue weighted by molar-refractivity contribution is 7.00. The van der Waals surface area contributed by atoms with Crippen LogP contribution in [0.5, 0.6) is 0 Å². The summed E-state index contributed by atoms with van der Waals surface area (Å²) in [5.74, 6) is 0.455. The van der Waals surface area contributed by atoms with Gasteiger partial charge in [-0.05, 0) is 12.0 Å². The first-order valence-corrected chi connectivity index (χ1v) is 4.58. The molecule has 0 atom stereocenters. The van der Waals surface area contributed by atoms with Crippen LogP contribution in [0.1, 0.15) is 25.5 Å². The molecule has 12 heavy (non-hydrogen) atoms. The van der Waals surface area contributed by atoms with Gasteiger partial charge in [0.1, 0.15) is 11.0 Å². The maximum atomic E-state index is 4.28. The minimum atomic E-state index is 0.455. The van der Waals surface area contributed by atoms with E-state index in [1.165, 1.54) is 11.7 Å². The van der Waals surface area contributed by atoms with Crippen molar-refractivity contribution < 1.29 is 0 Å². The summed E-state index contributed by atoms with van der Waals surface area (Å²) in [5, 5.41) is 0. The smallest absolute Gasteiger partial charge is 0.123 e. The molecule has 0 aliphatic rings. The van der Waals surface area contributed by atoms with Crippen LogP contribution in [0.3, 0.4) is 0 Å². The van der Waals surface area contributed by atoms with Crippen molar-refractivity contribution in [2.75, 3.05) is 0 Å². The highest BCUT2D eigenvalue weighted by Gasteiger charge is 2.03. The zero-order valence-electron chi connectivity index (χ0n) is 6.98. The third kappa shape index (κ3) is 1.18. The third-order valence-electron chi connectivity index (χ3n) is 1.75. The number of fused-ring (bicyclic) bond motifs is 1. The summed E-state index contributed by atoms with van der Waals surface area (Å²) in [7, 11) is 0. The third-order valence-corrected chi connectivity index (χ3v) is 2.31. The van der Waals surface area contributed by atoms with E-state index < -0.39 is 0 Å². The van der Waals surface area contributed by atoms with Crippen LogP contribution in [0.2, 0.25) is 0 Å². The van der Waals surface area contributed by atoms with Crippen molar-refractivity contribution in [1.29, 1.82) is 0 Å². The lowest BCUT2D eigenvalue weighted by molar-refractivity contribution is 0.825. The fourth-order valence-corrected chi connectivity index (χ4v) is 1.52. The van der Waals surface area contributed by atoms with Crippen molar-refractivity contribution in [3.63, 3.8) is 0 Å². The first kappa shape index (κ1) is 7.61. The Hall–Kier alpha value is -1.03. The van der Waals surface area contributed by atoms with Gasteiger partial charge in [-0.3, -0.25) is 4.98 Å². The van der Waals surface area contributed by atoms with Crippen LogP contribution in [0.4, 0.5) is 0 Å². The van der Waals surface area contributed by atoms with E-state index in [1.54, 1.807) is 6.20 Å². The molecule has 2 aromatic rings. The Morgan fingerprint density at radius 3 is 2.75 bits per heavy atom. The number of hydrogen-bond donors (Lipinski definition) is 0. The number of aromatic nitrogens is 3. The standard InChI is InChI=1S/C8H9N3S/c1-5(2)6-3-7-8(4-9-6)11-12-10-7/h3-5H,1-2H3. The predicted octanol–water partition coefficient (Wildman–Crippen LogP) is 2.21. The van der Waals surface area contributed by atoms with Crippen molar-refractivity contribution >= 4 is 22.8 Å². The molecule has 0 aliphatic heterocycles. The fraction of sp³-hybridized carbons (Fsp3) is 0.375. The zero-order valence-corrected chi connectivity index (χ0v) is 7.80. The van der Waals surface area contributed by atoms with Gasteiger partial charge >= 0.3 is 0 Å². The van der Waals surface area contributed by atoms with Crippen LogP contribution in [0.25, 0.3) is 11.0 Å². The van der Waals surface area contributed by atoms with E-state index in [0.29, 0.717) is 5.92 Å². The van der Waals surface area contributed by atoms with Crippen molar-refractivity contribution in [2.45, 2.75) is 19.8 Å². The summed E-state index contributed by atoms with van der Waals surface area (Å²) in [6.45, 7) is 4.24. The van der Waals surface area contributed by atoms with Crippen molar-refractivity contribution in [1.82, 2.24) is 13.7 Å². The molecule has 0 aromatic carbocycles. The fourth-order valence-electron chi connectivity index (χ4n) is 1.02. The number of pyridine rings is 1. The molecule has 62 valence electrons. The summed E-state index contributed by atoms with van der Waals surface area (Å²) in [6.07, 6.45) is 1.79. The lowest BCUT2D eigenvalue weighted by atomic mass is 10.1. The van der Waals surface area contributed by atoms with Gasteiger partial charge < -0.3 is 0 Å². The minimum Gasteiger partial charge on any atom is -0.259 e. The summed E-state index contributed by atoms with van der Waals surface area (Å²) in [5.41, 5.74) is 2.93. The molecular formula is C8H9N3S. The lowest BCUT2D eigenvalue weighted by Gasteiger charge is -2.01. The van der Waals surface area contributed by atoms with Crippen LogP contribution in [0, 0.1) is 0 Å². The monoisotopic (exact) mass is 179 g/mol. The van der Waals surface area contributed by atoms with E-state index in [4.69, 9.17) is 0 Å². The molecule has 0 fully saturated rings. The topological polar surface area (TPSA) is 38.7 Å². The Labute approximate surface area is 74.8 Å². The van der Waals surface area contributed by atoms with E-state index in [9.17, 15) is 0 Å². The molecule has 2 rings (SSSR count). The van der Waals surface area contributed by atoms with Crippen LogP contribution in [-0.2, 0) is 0 Å². The van der Waals surface area contributed by atoms with Crippen LogP contribution >= 0.6 is 11.7 Å². The largest absolute Gasteiger partial charge is 0.259 e. The Kier molecular flexibility index (Phi) is 1.77. The molecule has 0 amide bonds. The number of hydrogen-bond acceptors (Lipinski definition) is 4. The van der Waals surface area contributed by atoms with Gasteiger partial charge in [0.05, 0.1) is 17.9 Å². The van der Waals surface area contributed by atoms with Crippen molar-refractivity contribution in [3.8, 4) is 0 Å².